The maximum absolute atomic E-state index is 3.70. The van der Waals surface area contributed by atoms with Crippen molar-refractivity contribution >= 4 is 21.6 Å². The zero-order chi connectivity index (χ0) is 13.1. The number of nitrogens with one attached hydrogen (secondary N) is 1. The summed E-state index contributed by atoms with van der Waals surface area (Å²) >= 11 is 3.70. The van der Waals surface area contributed by atoms with Crippen LogP contribution in [0.15, 0.2) is 22.7 Å². The van der Waals surface area contributed by atoms with Crippen molar-refractivity contribution in [2.24, 2.45) is 5.92 Å². The third-order valence-corrected chi connectivity index (χ3v) is 4.31. The van der Waals surface area contributed by atoms with Gasteiger partial charge in [0.25, 0.3) is 0 Å². The van der Waals surface area contributed by atoms with Gasteiger partial charge in [-0.3, -0.25) is 0 Å². The fourth-order valence-electron chi connectivity index (χ4n) is 2.48. The minimum atomic E-state index is 0.584. The molecule has 0 aromatic heterocycles. The topological polar surface area (TPSA) is 15.3 Å². The van der Waals surface area contributed by atoms with Gasteiger partial charge in [0.05, 0.1) is 5.69 Å². The van der Waals surface area contributed by atoms with Gasteiger partial charge in [0.2, 0.25) is 0 Å². The number of aryl methyl sites for hydroxylation is 1. The van der Waals surface area contributed by atoms with Gasteiger partial charge in [-0.05, 0) is 59.4 Å². The zero-order valence-electron chi connectivity index (χ0n) is 11.5. The van der Waals surface area contributed by atoms with Crippen LogP contribution >= 0.6 is 15.9 Å². The molecule has 1 fully saturated rings. The first-order chi connectivity index (χ1) is 8.58. The molecule has 0 bridgehead atoms. The van der Waals surface area contributed by atoms with Crippen molar-refractivity contribution in [2.75, 3.05) is 24.5 Å². The van der Waals surface area contributed by atoms with Crippen molar-refractivity contribution in [3.05, 3.63) is 28.2 Å². The van der Waals surface area contributed by atoms with E-state index >= 15 is 0 Å². The van der Waals surface area contributed by atoms with Gasteiger partial charge in [-0.1, -0.05) is 19.9 Å². The molecule has 1 unspecified atom stereocenters. The second kappa shape index (κ2) is 6.07. The van der Waals surface area contributed by atoms with Crippen LogP contribution in [0.25, 0.3) is 0 Å². The van der Waals surface area contributed by atoms with Crippen LogP contribution in [0.2, 0.25) is 0 Å². The van der Waals surface area contributed by atoms with Gasteiger partial charge >= 0.3 is 0 Å². The van der Waals surface area contributed by atoms with E-state index in [0.29, 0.717) is 12.0 Å². The lowest BCUT2D eigenvalue weighted by Crippen LogP contribution is -2.41. The van der Waals surface area contributed by atoms with Crippen molar-refractivity contribution in [2.45, 2.75) is 33.2 Å². The van der Waals surface area contributed by atoms with Gasteiger partial charge in [-0.25, -0.2) is 0 Å². The highest BCUT2D eigenvalue weighted by Crippen LogP contribution is 2.28. The van der Waals surface area contributed by atoms with E-state index in [0.717, 1.165) is 19.6 Å². The van der Waals surface area contributed by atoms with E-state index in [1.54, 1.807) is 0 Å². The predicted octanol–water partition coefficient (Wildman–Crippen LogP) is 3.58. The molecule has 0 saturated carbocycles. The number of anilines is 1. The average Bonchev–Trinajstić information content (AvgIpc) is 2.54. The molecular weight excluding hydrogens is 288 g/mol. The van der Waals surface area contributed by atoms with E-state index in [1.165, 1.54) is 22.1 Å². The Kier molecular flexibility index (Phi) is 4.68. The van der Waals surface area contributed by atoms with Gasteiger partial charge in [-0.15, -0.1) is 0 Å². The lowest BCUT2D eigenvalue weighted by molar-refractivity contribution is 0.420. The summed E-state index contributed by atoms with van der Waals surface area (Å²) in [5, 5.41) is 3.65. The lowest BCUT2D eigenvalue weighted by Gasteiger charge is -2.29. The van der Waals surface area contributed by atoms with Crippen LogP contribution in [0.1, 0.15) is 25.8 Å². The normalized spacial score (nSPS) is 21.2. The standard InChI is InChI=1S/C15H23BrN2/c1-11(2)14-10-18(8-4-7-17-14)15-6-5-12(3)9-13(15)16/h5-6,9,11,14,17H,4,7-8,10H2,1-3H3. The summed E-state index contributed by atoms with van der Waals surface area (Å²) in [5.41, 5.74) is 2.63. The Labute approximate surface area is 119 Å². The minimum absolute atomic E-state index is 0.584. The van der Waals surface area contributed by atoms with Gasteiger partial charge in [-0.2, -0.15) is 0 Å². The quantitative estimate of drug-likeness (QED) is 0.898. The van der Waals surface area contributed by atoms with E-state index < -0.39 is 0 Å². The monoisotopic (exact) mass is 310 g/mol. The molecule has 0 amide bonds. The molecule has 18 heavy (non-hydrogen) atoms. The number of benzene rings is 1. The van der Waals surface area contributed by atoms with Crippen LogP contribution in [-0.2, 0) is 0 Å². The van der Waals surface area contributed by atoms with Crippen LogP contribution < -0.4 is 10.2 Å². The summed E-state index contributed by atoms with van der Waals surface area (Å²) in [4.78, 5) is 2.51. The maximum atomic E-state index is 3.70. The average molecular weight is 311 g/mol. The second-order valence-electron chi connectivity index (χ2n) is 5.56. The third-order valence-electron chi connectivity index (χ3n) is 3.68. The van der Waals surface area contributed by atoms with Crippen LogP contribution in [0.4, 0.5) is 5.69 Å². The smallest absolute Gasteiger partial charge is 0.0511 e. The highest BCUT2D eigenvalue weighted by atomic mass is 79.9. The fraction of sp³-hybridized carbons (Fsp3) is 0.600. The van der Waals surface area contributed by atoms with E-state index in [-0.39, 0.29) is 0 Å². The Hall–Kier alpha value is -0.540. The second-order valence-corrected chi connectivity index (χ2v) is 6.41. The number of rotatable bonds is 2. The van der Waals surface area contributed by atoms with Crippen LogP contribution in [0.5, 0.6) is 0 Å². The van der Waals surface area contributed by atoms with E-state index in [2.05, 4.69) is 65.1 Å². The number of hydrogen-bond acceptors (Lipinski definition) is 2. The first kappa shape index (κ1) is 13.9. The Morgan fingerprint density at radius 1 is 1.39 bits per heavy atom. The number of halogens is 1. The van der Waals surface area contributed by atoms with Crippen molar-refractivity contribution in [1.82, 2.24) is 5.32 Å². The molecule has 1 N–H and O–H groups in total. The third kappa shape index (κ3) is 3.27. The summed E-state index contributed by atoms with van der Waals surface area (Å²) < 4.78 is 1.21. The van der Waals surface area contributed by atoms with Crippen molar-refractivity contribution in [1.29, 1.82) is 0 Å². The zero-order valence-corrected chi connectivity index (χ0v) is 13.1. The molecule has 3 heteroatoms. The molecule has 0 radical (unpaired) electrons. The van der Waals surface area contributed by atoms with Crippen molar-refractivity contribution < 1.29 is 0 Å². The molecule has 1 atom stereocenters. The summed E-state index contributed by atoms with van der Waals surface area (Å²) in [6.45, 7) is 10.1. The Morgan fingerprint density at radius 2 is 2.17 bits per heavy atom. The van der Waals surface area contributed by atoms with Crippen LogP contribution in [-0.4, -0.2) is 25.7 Å². The van der Waals surface area contributed by atoms with Crippen molar-refractivity contribution in [3.8, 4) is 0 Å². The molecule has 0 aliphatic carbocycles. The molecule has 1 aromatic carbocycles. The first-order valence-electron chi connectivity index (χ1n) is 6.82. The van der Waals surface area contributed by atoms with Crippen molar-refractivity contribution in [3.63, 3.8) is 0 Å². The minimum Gasteiger partial charge on any atom is -0.369 e. The van der Waals surface area contributed by atoms with Gasteiger partial charge < -0.3 is 10.2 Å². The molecular formula is C15H23BrN2. The molecule has 1 aromatic rings. The number of hydrogen-bond donors (Lipinski definition) is 1. The van der Waals surface area contributed by atoms with E-state index in [4.69, 9.17) is 0 Å². The molecule has 1 heterocycles. The highest BCUT2D eigenvalue weighted by Gasteiger charge is 2.21. The number of nitrogens with zero attached hydrogens (tertiary/aromatic N) is 1. The molecule has 2 rings (SSSR count). The molecule has 1 aliphatic heterocycles. The predicted molar refractivity (Wildman–Crippen MR) is 82.3 cm³/mol. The Bertz CT molecular complexity index is 403. The molecule has 100 valence electrons. The molecule has 1 saturated heterocycles. The highest BCUT2D eigenvalue weighted by molar-refractivity contribution is 9.10. The largest absolute Gasteiger partial charge is 0.369 e. The maximum Gasteiger partial charge on any atom is 0.0511 e. The molecule has 0 spiro atoms. The summed E-state index contributed by atoms with van der Waals surface area (Å²) in [6, 6.07) is 7.23. The van der Waals surface area contributed by atoms with Gasteiger partial charge in [0.1, 0.15) is 0 Å². The van der Waals surface area contributed by atoms with E-state index in [9.17, 15) is 0 Å². The van der Waals surface area contributed by atoms with Crippen LogP contribution in [0.3, 0.4) is 0 Å². The van der Waals surface area contributed by atoms with Gasteiger partial charge in [0.15, 0.2) is 0 Å². The van der Waals surface area contributed by atoms with E-state index in [1.807, 2.05) is 0 Å². The van der Waals surface area contributed by atoms with Gasteiger partial charge in [0, 0.05) is 23.6 Å². The first-order valence-corrected chi connectivity index (χ1v) is 7.61. The lowest BCUT2D eigenvalue weighted by atomic mass is 10.0. The summed E-state index contributed by atoms with van der Waals surface area (Å²) in [5.74, 6) is 0.676. The summed E-state index contributed by atoms with van der Waals surface area (Å²) in [6.07, 6.45) is 1.21. The van der Waals surface area contributed by atoms with Crippen LogP contribution in [0, 0.1) is 12.8 Å². The Balaban J connectivity index is 2.20. The SMILES string of the molecule is Cc1ccc(N2CCCNC(C(C)C)C2)c(Br)c1. The molecule has 1 aliphatic rings. The Morgan fingerprint density at radius 3 is 2.83 bits per heavy atom. The summed E-state index contributed by atoms with van der Waals surface area (Å²) in [7, 11) is 0. The molecule has 2 nitrogen and oxygen atoms in total. The fourth-order valence-corrected chi connectivity index (χ4v) is 3.23.